The fraction of sp³-hybridized carbons (Fsp3) is 0. The van der Waals surface area contributed by atoms with Gasteiger partial charge in [0.1, 0.15) is 0 Å². The van der Waals surface area contributed by atoms with Crippen LogP contribution in [0, 0.1) is 0 Å². The molecule has 0 amide bonds. The molecule has 10 aromatic rings. The van der Waals surface area contributed by atoms with E-state index in [1.807, 2.05) is 0 Å². The summed E-state index contributed by atoms with van der Waals surface area (Å²) in [4.78, 5) is 0. The fourth-order valence-electron chi connectivity index (χ4n) is 7.57. The normalized spacial score (nSPS) is 12.0. The predicted octanol–water partition coefficient (Wildman–Crippen LogP) is 11.0. The van der Waals surface area contributed by atoms with Crippen LogP contribution in [0.5, 0.6) is 0 Å². The molecule has 210 valence electrons. The molecular weight excluding hydrogens is 546 g/mol. The van der Waals surface area contributed by atoms with Crippen molar-refractivity contribution in [2.75, 3.05) is 0 Å². The van der Waals surface area contributed by atoms with Crippen molar-refractivity contribution in [3.05, 3.63) is 164 Å². The van der Waals surface area contributed by atoms with Crippen LogP contribution in [-0.2, 0) is 0 Å². The van der Waals surface area contributed by atoms with E-state index in [0.29, 0.717) is 0 Å². The van der Waals surface area contributed by atoms with Crippen LogP contribution in [0.4, 0.5) is 0 Å². The zero-order chi connectivity index (χ0) is 29.5. The molecule has 0 spiro atoms. The molecule has 0 saturated carbocycles. The summed E-state index contributed by atoms with van der Waals surface area (Å²) in [5, 5.41) is 7.53. The molecule has 3 heteroatoms. The Bertz CT molecular complexity index is 2690. The molecule has 0 atom stereocenters. The van der Waals surface area contributed by atoms with Gasteiger partial charge in [-0.3, -0.25) is 0 Å². The molecule has 0 aliphatic heterocycles. The van der Waals surface area contributed by atoms with E-state index in [-0.39, 0.29) is 0 Å². The van der Waals surface area contributed by atoms with Gasteiger partial charge in [0.2, 0.25) is 0 Å². The standard InChI is InChI=1S/C42H27N3/c1-3-13-28(14-4-1)44-39-22-12-9-19-33(39)34-24-25-35-36-27-30(43-37-20-10-7-17-31(37)32-18-8-11-21-38(32)43)23-26-40(36)45(42(35)41(34)44)29-15-5-2-6-16-29/h1-27H. The van der Waals surface area contributed by atoms with E-state index in [9.17, 15) is 0 Å². The Kier molecular flexibility index (Phi) is 5.00. The fourth-order valence-corrected chi connectivity index (χ4v) is 7.57. The van der Waals surface area contributed by atoms with Gasteiger partial charge < -0.3 is 13.7 Å². The van der Waals surface area contributed by atoms with E-state index in [0.717, 1.165) is 17.1 Å². The average molecular weight is 574 g/mol. The van der Waals surface area contributed by atoms with Crippen LogP contribution in [-0.4, -0.2) is 13.7 Å². The lowest BCUT2D eigenvalue weighted by molar-refractivity contribution is 1.15. The summed E-state index contributed by atoms with van der Waals surface area (Å²) >= 11 is 0. The monoisotopic (exact) mass is 573 g/mol. The van der Waals surface area contributed by atoms with Gasteiger partial charge in [-0.05, 0) is 60.7 Å². The van der Waals surface area contributed by atoms with Crippen LogP contribution in [0.2, 0.25) is 0 Å². The Morgan fingerprint density at radius 3 is 1.18 bits per heavy atom. The topological polar surface area (TPSA) is 14.8 Å². The van der Waals surface area contributed by atoms with Crippen LogP contribution in [0.1, 0.15) is 0 Å². The van der Waals surface area contributed by atoms with Crippen LogP contribution >= 0.6 is 0 Å². The van der Waals surface area contributed by atoms with Gasteiger partial charge in [-0.25, -0.2) is 0 Å². The van der Waals surface area contributed by atoms with E-state index in [2.05, 4.69) is 177 Å². The molecule has 3 nitrogen and oxygen atoms in total. The molecule has 10 rings (SSSR count). The molecule has 0 aliphatic carbocycles. The maximum Gasteiger partial charge on any atom is 0.0788 e. The van der Waals surface area contributed by atoms with E-state index in [1.54, 1.807) is 0 Å². The molecule has 0 saturated heterocycles. The third-order valence-corrected chi connectivity index (χ3v) is 9.41. The Morgan fingerprint density at radius 1 is 0.244 bits per heavy atom. The van der Waals surface area contributed by atoms with Gasteiger partial charge in [-0.15, -0.1) is 0 Å². The number of rotatable bonds is 3. The van der Waals surface area contributed by atoms with Crippen molar-refractivity contribution in [2.24, 2.45) is 0 Å². The third kappa shape index (κ3) is 3.35. The minimum atomic E-state index is 1.15. The average Bonchev–Trinajstić information content (AvgIpc) is 3.74. The molecular formula is C42H27N3. The molecule has 0 bridgehead atoms. The minimum absolute atomic E-state index is 1.15. The number of hydrogen-bond donors (Lipinski definition) is 0. The van der Waals surface area contributed by atoms with Crippen molar-refractivity contribution in [3.8, 4) is 17.1 Å². The second-order valence-electron chi connectivity index (χ2n) is 11.8. The Hall–Kier alpha value is -6.06. The lowest BCUT2D eigenvalue weighted by atomic mass is 10.1. The lowest BCUT2D eigenvalue weighted by Gasteiger charge is -2.12. The first kappa shape index (κ1) is 24.4. The van der Waals surface area contributed by atoms with Crippen LogP contribution in [0.25, 0.3) is 82.5 Å². The van der Waals surface area contributed by atoms with Gasteiger partial charge in [0.15, 0.2) is 0 Å². The molecule has 0 radical (unpaired) electrons. The summed E-state index contributed by atoms with van der Waals surface area (Å²) in [6, 6.07) is 59.4. The van der Waals surface area contributed by atoms with Gasteiger partial charge in [-0.2, -0.15) is 0 Å². The third-order valence-electron chi connectivity index (χ3n) is 9.41. The Balaban J connectivity index is 1.39. The number of aromatic nitrogens is 3. The summed E-state index contributed by atoms with van der Waals surface area (Å²) in [5.41, 5.74) is 10.8. The summed E-state index contributed by atoms with van der Waals surface area (Å²) in [7, 11) is 0. The van der Waals surface area contributed by atoms with Crippen LogP contribution in [0.15, 0.2) is 164 Å². The predicted molar refractivity (Wildman–Crippen MR) is 189 cm³/mol. The second kappa shape index (κ2) is 9.22. The maximum absolute atomic E-state index is 2.46. The van der Waals surface area contributed by atoms with Gasteiger partial charge in [0.25, 0.3) is 0 Å². The molecule has 0 aliphatic rings. The summed E-state index contributed by atoms with van der Waals surface area (Å²) < 4.78 is 7.31. The summed E-state index contributed by atoms with van der Waals surface area (Å²) in [6.45, 7) is 0. The Morgan fingerprint density at radius 2 is 0.644 bits per heavy atom. The highest BCUT2D eigenvalue weighted by Gasteiger charge is 2.22. The smallest absolute Gasteiger partial charge is 0.0788 e. The highest BCUT2D eigenvalue weighted by molar-refractivity contribution is 6.24. The molecule has 3 aromatic heterocycles. The van der Waals surface area contributed by atoms with Gasteiger partial charge in [0, 0.05) is 49.4 Å². The van der Waals surface area contributed by atoms with Crippen molar-refractivity contribution in [2.45, 2.75) is 0 Å². The lowest BCUT2D eigenvalue weighted by Crippen LogP contribution is -1.98. The molecule has 0 fully saturated rings. The van der Waals surface area contributed by atoms with Crippen molar-refractivity contribution < 1.29 is 0 Å². The van der Waals surface area contributed by atoms with E-state index in [4.69, 9.17) is 0 Å². The van der Waals surface area contributed by atoms with Gasteiger partial charge in [-0.1, -0.05) is 103 Å². The highest BCUT2D eigenvalue weighted by atomic mass is 15.0. The zero-order valence-corrected chi connectivity index (χ0v) is 24.4. The van der Waals surface area contributed by atoms with Crippen molar-refractivity contribution in [3.63, 3.8) is 0 Å². The SMILES string of the molecule is c1ccc(-n2c3ccccc3c3ccc4c5cc(-n6c7ccccc7c7ccccc76)ccc5n(-c5ccccc5)c4c32)cc1. The first-order valence-corrected chi connectivity index (χ1v) is 15.5. The number of fused-ring (bicyclic) bond motifs is 10. The maximum atomic E-state index is 2.46. The van der Waals surface area contributed by atoms with Crippen LogP contribution in [0.3, 0.4) is 0 Å². The number of hydrogen-bond acceptors (Lipinski definition) is 0. The molecule has 0 unspecified atom stereocenters. The Labute approximate surface area is 259 Å². The van der Waals surface area contributed by atoms with Gasteiger partial charge in [0.05, 0.1) is 33.1 Å². The minimum Gasteiger partial charge on any atom is -0.309 e. The van der Waals surface area contributed by atoms with E-state index >= 15 is 0 Å². The van der Waals surface area contributed by atoms with Crippen molar-refractivity contribution in [1.29, 1.82) is 0 Å². The van der Waals surface area contributed by atoms with E-state index in [1.165, 1.54) is 65.4 Å². The number of nitrogens with zero attached hydrogens (tertiary/aromatic N) is 3. The molecule has 0 N–H and O–H groups in total. The molecule has 3 heterocycles. The van der Waals surface area contributed by atoms with Crippen LogP contribution < -0.4 is 0 Å². The summed E-state index contributed by atoms with van der Waals surface area (Å²) in [6.07, 6.45) is 0. The zero-order valence-electron chi connectivity index (χ0n) is 24.4. The number of para-hydroxylation sites is 5. The largest absolute Gasteiger partial charge is 0.309 e. The van der Waals surface area contributed by atoms with Crippen molar-refractivity contribution >= 4 is 65.4 Å². The highest BCUT2D eigenvalue weighted by Crippen LogP contribution is 2.42. The second-order valence-corrected chi connectivity index (χ2v) is 11.8. The van der Waals surface area contributed by atoms with Crippen molar-refractivity contribution in [1.82, 2.24) is 13.7 Å². The number of benzene rings is 7. The molecule has 7 aromatic carbocycles. The quantitative estimate of drug-likeness (QED) is 0.200. The first-order chi connectivity index (χ1) is 22.4. The summed E-state index contributed by atoms with van der Waals surface area (Å²) in [5.74, 6) is 0. The van der Waals surface area contributed by atoms with Gasteiger partial charge >= 0.3 is 0 Å². The molecule has 45 heavy (non-hydrogen) atoms. The van der Waals surface area contributed by atoms with E-state index < -0.39 is 0 Å². The first-order valence-electron chi connectivity index (χ1n) is 15.5.